The van der Waals surface area contributed by atoms with Gasteiger partial charge in [-0.05, 0) is 30.0 Å². The molecule has 39 heavy (non-hydrogen) atoms. The molecule has 2 aromatic rings. The van der Waals surface area contributed by atoms with Crippen molar-refractivity contribution < 1.29 is 39.3 Å². The van der Waals surface area contributed by atoms with Crippen LogP contribution in [0.1, 0.15) is 37.9 Å². The van der Waals surface area contributed by atoms with E-state index in [2.05, 4.69) is 25.9 Å². The highest BCUT2D eigenvalue weighted by atomic mass is 16.4. The van der Waals surface area contributed by atoms with Crippen LogP contribution in [0.5, 0.6) is 5.75 Å². The molecule has 3 amide bonds. The van der Waals surface area contributed by atoms with E-state index in [1.165, 1.54) is 24.7 Å². The first-order chi connectivity index (χ1) is 18.4. The maximum Gasteiger partial charge on any atom is 0.326 e. The number of hydrogen-bond acceptors (Lipinski definition) is 8. The highest BCUT2D eigenvalue weighted by Gasteiger charge is 2.32. The Bertz CT molecular complexity index is 1140. The first-order valence-corrected chi connectivity index (χ1v) is 12.2. The van der Waals surface area contributed by atoms with Gasteiger partial charge in [0.1, 0.15) is 23.9 Å². The molecule has 0 fully saturated rings. The van der Waals surface area contributed by atoms with Crippen molar-refractivity contribution >= 4 is 29.7 Å². The van der Waals surface area contributed by atoms with E-state index in [9.17, 15) is 34.2 Å². The number of nitrogens with one attached hydrogen (secondary N) is 4. The quantitative estimate of drug-likeness (QED) is 0.140. The molecular weight excluding hydrogens is 512 g/mol. The molecule has 0 aliphatic carbocycles. The number of phenolic OH excluding ortho intramolecular Hbond substituents is 1. The molecule has 4 unspecified atom stereocenters. The molecule has 0 bridgehead atoms. The zero-order chi connectivity index (χ0) is 29.1. The molecular formula is C25H34N6O8. The number of carbonyl (C=O) groups excluding carboxylic acids is 3. The fourth-order valence-electron chi connectivity index (χ4n) is 3.63. The largest absolute Gasteiger partial charge is 0.508 e. The Morgan fingerprint density at radius 3 is 2.05 bits per heavy atom. The number of nitrogens with zero attached hydrogens (tertiary/aromatic N) is 1. The van der Waals surface area contributed by atoms with Gasteiger partial charge in [-0.2, -0.15) is 0 Å². The van der Waals surface area contributed by atoms with E-state index in [0.717, 1.165) is 0 Å². The van der Waals surface area contributed by atoms with Crippen LogP contribution >= 0.6 is 0 Å². The smallest absolute Gasteiger partial charge is 0.326 e. The summed E-state index contributed by atoms with van der Waals surface area (Å²) in [5, 5.41) is 35.4. The molecule has 0 aliphatic rings. The summed E-state index contributed by atoms with van der Waals surface area (Å²) in [4.78, 5) is 68.4. The van der Waals surface area contributed by atoms with Gasteiger partial charge < -0.3 is 42.0 Å². The maximum absolute atomic E-state index is 13.4. The van der Waals surface area contributed by atoms with Gasteiger partial charge in [-0.3, -0.25) is 19.2 Å². The number of nitrogens with two attached hydrogens (primary N) is 1. The summed E-state index contributed by atoms with van der Waals surface area (Å²) < 4.78 is 0. The number of aromatic hydroxyl groups is 1. The van der Waals surface area contributed by atoms with Crippen LogP contribution in [0.15, 0.2) is 36.8 Å². The third-order valence-corrected chi connectivity index (χ3v) is 5.86. The molecule has 2 rings (SSSR count). The maximum atomic E-state index is 13.4. The van der Waals surface area contributed by atoms with Crippen LogP contribution in [0.3, 0.4) is 0 Å². The molecule has 14 nitrogen and oxygen atoms in total. The second kappa shape index (κ2) is 14.5. The molecule has 0 saturated heterocycles. The zero-order valence-electron chi connectivity index (χ0n) is 21.6. The molecule has 212 valence electrons. The molecule has 1 aromatic carbocycles. The van der Waals surface area contributed by atoms with Gasteiger partial charge in [0.15, 0.2) is 0 Å². The lowest BCUT2D eigenvalue weighted by Gasteiger charge is -2.26. The number of hydrogen-bond donors (Lipinski definition) is 8. The van der Waals surface area contributed by atoms with E-state index in [1.807, 2.05) is 0 Å². The molecule has 1 aromatic heterocycles. The van der Waals surface area contributed by atoms with Gasteiger partial charge in [0, 0.05) is 31.2 Å². The van der Waals surface area contributed by atoms with Crippen molar-refractivity contribution in [3.63, 3.8) is 0 Å². The highest BCUT2D eigenvalue weighted by molar-refractivity contribution is 5.94. The molecule has 4 atom stereocenters. The average Bonchev–Trinajstić information content (AvgIpc) is 3.38. The first-order valence-electron chi connectivity index (χ1n) is 12.2. The number of imidazole rings is 1. The van der Waals surface area contributed by atoms with Gasteiger partial charge in [0.25, 0.3) is 0 Å². The Labute approximate surface area is 224 Å². The number of H-pyrrole nitrogens is 1. The number of phenols is 1. The van der Waals surface area contributed by atoms with E-state index in [4.69, 9.17) is 10.8 Å². The minimum atomic E-state index is -1.24. The number of carbonyl (C=O) groups is 5. The first kappa shape index (κ1) is 30.8. The Kier molecular flexibility index (Phi) is 11.4. The minimum absolute atomic E-state index is 0.00564. The van der Waals surface area contributed by atoms with E-state index < -0.39 is 59.7 Å². The number of aliphatic carboxylic acids is 2. The summed E-state index contributed by atoms with van der Waals surface area (Å²) in [5.74, 6) is -5.11. The van der Waals surface area contributed by atoms with Crippen molar-refractivity contribution in [3.05, 3.63) is 48.0 Å². The molecule has 0 saturated carbocycles. The molecule has 0 aliphatic heterocycles. The van der Waals surface area contributed by atoms with E-state index in [0.29, 0.717) is 11.3 Å². The third-order valence-electron chi connectivity index (χ3n) is 5.86. The number of rotatable bonds is 15. The van der Waals surface area contributed by atoms with Crippen LogP contribution in [0, 0.1) is 5.92 Å². The van der Waals surface area contributed by atoms with E-state index in [-0.39, 0.29) is 31.4 Å². The van der Waals surface area contributed by atoms with Crippen molar-refractivity contribution in [2.75, 3.05) is 0 Å². The second-order valence-electron chi connectivity index (χ2n) is 9.38. The Morgan fingerprint density at radius 2 is 1.51 bits per heavy atom. The summed E-state index contributed by atoms with van der Waals surface area (Å²) in [7, 11) is 0. The Balaban J connectivity index is 2.28. The fraction of sp³-hybridized carbons (Fsp3) is 0.440. The number of benzene rings is 1. The van der Waals surface area contributed by atoms with Crippen molar-refractivity contribution in [3.8, 4) is 5.75 Å². The molecule has 9 N–H and O–H groups in total. The lowest BCUT2D eigenvalue weighted by Crippen LogP contribution is -2.58. The Morgan fingerprint density at radius 1 is 0.923 bits per heavy atom. The molecule has 14 heteroatoms. The van der Waals surface area contributed by atoms with Crippen LogP contribution in [-0.2, 0) is 36.8 Å². The van der Waals surface area contributed by atoms with E-state index >= 15 is 0 Å². The van der Waals surface area contributed by atoms with Crippen LogP contribution in [0.4, 0.5) is 0 Å². The number of amides is 3. The molecule has 1 heterocycles. The molecule has 0 radical (unpaired) electrons. The lowest BCUT2D eigenvalue weighted by atomic mass is 10.0. The van der Waals surface area contributed by atoms with Gasteiger partial charge >= 0.3 is 11.9 Å². The van der Waals surface area contributed by atoms with Crippen LogP contribution < -0.4 is 21.7 Å². The van der Waals surface area contributed by atoms with Crippen molar-refractivity contribution in [2.45, 2.75) is 63.7 Å². The number of carboxylic acid groups (broad SMARTS) is 2. The topological polar surface area (TPSA) is 237 Å². The van der Waals surface area contributed by atoms with Gasteiger partial charge in [0.2, 0.25) is 17.7 Å². The average molecular weight is 547 g/mol. The zero-order valence-corrected chi connectivity index (χ0v) is 21.6. The summed E-state index contributed by atoms with van der Waals surface area (Å²) in [5.41, 5.74) is 6.86. The number of carboxylic acids is 2. The molecule has 0 spiro atoms. The van der Waals surface area contributed by atoms with Crippen molar-refractivity contribution in [2.24, 2.45) is 11.7 Å². The highest BCUT2D eigenvalue weighted by Crippen LogP contribution is 2.12. The number of aromatic amines is 1. The monoisotopic (exact) mass is 546 g/mol. The van der Waals surface area contributed by atoms with Gasteiger partial charge in [-0.25, -0.2) is 9.78 Å². The summed E-state index contributed by atoms with van der Waals surface area (Å²) in [6.07, 6.45) is 2.21. The van der Waals surface area contributed by atoms with Crippen LogP contribution in [0.2, 0.25) is 0 Å². The number of aromatic nitrogens is 2. The normalized spacial score (nSPS) is 14.1. The standard InChI is InChI=1S/C25H34N6O8/c1-13(2)21(25(38)39)31-24(37)19(10-15-11-27-12-28-15)30-23(36)18(9-14-3-5-16(32)6-4-14)29-22(35)17(26)7-8-20(33)34/h3-6,11-13,17-19,21,32H,7-10,26H2,1-2H3,(H,27,28)(H,29,35)(H,30,36)(H,31,37)(H,33,34)(H,38,39). The second-order valence-corrected chi connectivity index (χ2v) is 9.38. The lowest BCUT2D eigenvalue weighted by molar-refractivity contribution is -0.143. The van der Waals surface area contributed by atoms with Crippen molar-refractivity contribution in [1.82, 2.24) is 25.9 Å². The predicted molar refractivity (Wildman–Crippen MR) is 137 cm³/mol. The summed E-state index contributed by atoms with van der Waals surface area (Å²) in [6.45, 7) is 3.25. The predicted octanol–water partition coefficient (Wildman–Crippen LogP) is -0.712. The van der Waals surface area contributed by atoms with Crippen LogP contribution in [-0.4, -0.2) is 79.1 Å². The Hall–Kier alpha value is -4.46. The van der Waals surface area contributed by atoms with Gasteiger partial charge in [0.05, 0.1) is 12.4 Å². The third kappa shape index (κ3) is 10.1. The van der Waals surface area contributed by atoms with E-state index in [1.54, 1.807) is 26.0 Å². The fourth-order valence-corrected chi connectivity index (χ4v) is 3.63. The van der Waals surface area contributed by atoms with Crippen LogP contribution in [0.25, 0.3) is 0 Å². The summed E-state index contributed by atoms with van der Waals surface area (Å²) in [6, 6.07) is 0.992. The van der Waals surface area contributed by atoms with Gasteiger partial charge in [-0.15, -0.1) is 0 Å². The van der Waals surface area contributed by atoms with Gasteiger partial charge in [-0.1, -0.05) is 26.0 Å². The van der Waals surface area contributed by atoms with Crippen molar-refractivity contribution in [1.29, 1.82) is 0 Å². The summed E-state index contributed by atoms with van der Waals surface area (Å²) >= 11 is 0. The SMILES string of the molecule is CC(C)C(NC(=O)C(Cc1cnc[nH]1)NC(=O)C(Cc1ccc(O)cc1)NC(=O)C(N)CCC(=O)O)C(=O)O. The minimum Gasteiger partial charge on any atom is -0.508 e.